The first-order chi connectivity index (χ1) is 11.1. The number of carbonyl (C=O) groups is 2. The van der Waals surface area contributed by atoms with Gasteiger partial charge in [-0.25, -0.2) is 4.79 Å². The van der Waals surface area contributed by atoms with Crippen molar-refractivity contribution in [3.8, 4) is 0 Å². The Kier molecular flexibility index (Phi) is 6.02. The van der Waals surface area contributed by atoms with Crippen LogP contribution in [0, 0.1) is 5.41 Å². The molecule has 0 bridgehead atoms. The highest BCUT2D eigenvalue weighted by molar-refractivity contribution is 5.79. The van der Waals surface area contributed by atoms with Gasteiger partial charge in [0.1, 0.15) is 6.61 Å². The molecular weight excluding hydrogens is 294 g/mol. The molecule has 1 N–H and O–H groups in total. The average molecular weight is 319 g/mol. The van der Waals surface area contributed by atoms with Crippen molar-refractivity contribution in [2.75, 3.05) is 7.11 Å². The first-order valence-corrected chi connectivity index (χ1v) is 8.18. The summed E-state index contributed by atoms with van der Waals surface area (Å²) in [7, 11) is 1.40. The van der Waals surface area contributed by atoms with Crippen LogP contribution in [0.2, 0.25) is 0 Å². The van der Waals surface area contributed by atoms with E-state index in [2.05, 4.69) is 5.32 Å². The molecule has 1 amide bonds. The van der Waals surface area contributed by atoms with E-state index in [1.807, 2.05) is 37.3 Å². The van der Waals surface area contributed by atoms with E-state index >= 15 is 0 Å². The van der Waals surface area contributed by atoms with Crippen LogP contribution < -0.4 is 5.32 Å². The average Bonchev–Trinajstić information content (AvgIpc) is 2.60. The van der Waals surface area contributed by atoms with Crippen molar-refractivity contribution >= 4 is 12.1 Å². The van der Waals surface area contributed by atoms with Crippen molar-refractivity contribution < 1.29 is 19.1 Å². The molecule has 0 aliphatic heterocycles. The van der Waals surface area contributed by atoms with Crippen LogP contribution in [-0.2, 0) is 20.9 Å². The third-order valence-corrected chi connectivity index (χ3v) is 4.76. The molecule has 0 spiro atoms. The number of hydrogen-bond acceptors (Lipinski definition) is 4. The molecule has 1 aliphatic rings. The molecule has 2 unspecified atom stereocenters. The maximum absolute atomic E-state index is 12.3. The van der Waals surface area contributed by atoms with Gasteiger partial charge in [0, 0.05) is 6.04 Å². The first kappa shape index (κ1) is 17.3. The van der Waals surface area contributed by atoms with Crippen LogP contribution in [-0.4, -0.2) is 25.2 Å². The Morgan fingerprint density at radius 3 is 2.65 bits per heavy atom. The van der Waals surface area contributed by atoms with Crippen LogP contribution in [0.4, 0.5) is 4.79 Å². The van der Waals surface area contributed by atoms with Crippen molar-refractivity contribution in [3.05, 3.63) is 35.9 Å². The summed E-state index contributed by atoms with van der Waals surface area (Å²) in [6.07, 6.45) is 3.62. The second-order valence-corrected chi connectivity index (χ2v) is 6.01. The zero-order valence-electron chi connectivity index (χ0n) is 13.8. The minimum atomic E-state index is -0.640. The van der Waals surface area contributed by atoms with Crippen molar-refractivity contribution in [1.29, 1.82) is 0 Å². The molecule has 2 rings (SSSR count). The number of esters is 1. The molecule has 1 aromatic carbocycles. The fraction of sp³-hybridized carbons (Fsp3) is 0.556. The number of alkyl carbamates (subject to hydrolysis) is 1. The van der Waals surface area contributed by atoms with Crippen LogP contribution in [0.1, 0.15) is 44.6 Å². The number of rotatable bonds is 5. The van der Waals surface area contributed by atoms with Crippen molar-refractivity contribution in [3.63, 3.8) is 0 Å². The van der Waals surface area contributed by atoms with Crippen molar-refractivity contribution in [1.82, 2.24) is 5.32 Å². The van der Waals surface area contributed by atoms with Crippen molar-refractivity contribution in [2.24, 2.45) is 5.41 Å². The Labute approximate surface area is 137 Å². The molecule has 1 aromatic rings. The largest absolute Gasteiger partial charge is 0.469 e. The molecule has 1 saturated carbocycles. The van der Waals surface area contributed by atoms with Gasteiger partial charge in [-0.1, -0.05) is 50.1 Å². The molecule has 2 atom stereocenters. The molecule has 0 radical (unpaired) electrons. The van der Waals surface area contributed by atoms with E-state index in [9.17, 15) is 9.59 Å². The number of carbonyl (C=O) groups excluding carboxylic acids is 2. The van der Waals surface area contributed by atoms with E-state index in [1.165, 1.54) is 7.11 Å². The molecule has 0 aromatic heterocycles. The highest BCUT2D eigenvalue weighted by Crippen LogP contribution is 2.40. The van der Waals surface area contributed by atoms with Crippen LogP contribution >= 0.6 is 0 Å². The summed E-state index contributed by atoms with van der Waals surface area (Å²) in [5.41, 5.74) is 0.291. The normalized spacial score (nSPS) is 23.8. The first-order valence-electron chi connectivity index (χ1n) is 8.18. The lowest BCUT2D eigenvalue weighted by Crippen LogP contribution is -2.54. The summed E-state index contributed by atoms with van der Waals surface area (Å²) in [6.45, 7) is 2.18. The zero-order valence-corrected chi connectivity index (χ0v) is 13.8. The predicted molar refractivity (Wildman–Crippen MR) is 86.8 cm³/mol. The summed E-state index contributed by atoms with van der Waals surface area (Å²) >= 11 is 0. The number of amides is 1. The summed E-state index contributed by atoms with van der Waals surface area (Å²) < 4.78 is 10.3. The zero-order chi connectivity index (χ0) is 16.7. The van der Waals surface area contributed by atoms with Crippen LogP contribution in [0.5, 0.6) is 0 Å². The number of methoxy groups -OCH3 is 1. The Morgan fingerprint density at radius 1 is 1.26 bits per heavy atom. The molecule has 23 heavy (non-hydrogen) atoms. The number of hydrogen-bond donors (Lipinski definition) is 1. The Morgan fingerprint density at radius 2 is 2.00 bits per heavy atom. The highest BCUT2D eigenvalue weighted by atomic mass is 16.5. The maximum atomic E-state index is 12.3. The predicted octanol–water partition coefficient (Wildman–Crippen LogP) is 3.42. The minimum Gasteiger partial charge on any atom is -0.469 e. The molecule has 1 fully saturated rings. The van der Waals surface area contributed by atoms with E-state index in [0.717, 1.165) is 31.2 Å². The maximum Gasteiger partial charge on any atom is 0.407 e. The van der Waals surface area contributed by atoms with E-state index in [4.69, 9.17) is 9.47 Å². The molecule has 0 saturated heterocycles. The summed E-state index contributed by atoms with van der Waals surface area (Å²) in [6, 6.07) is 9.28. The van der Waals surface area contributed by atoms with Gasteiger partial charge < -0.3 is 14.8 Å². The second-order valence-electron chi connectivity index (χ2n) is 6.01. The fourth-order valence-electron chi connectivity index (χ4n) is 3.37. The highest BCUT2D eigenvalue weighted by Gasteiger charge is 2.47. The topological polar surface area (TPSA) is 64.6 Å². The van der Waals surface area contributed by atoms with Gasteiger partial charge in [-0.2, -0.15) is 0 Å². The van der Waals surface area contributed by atoms with E-state index in [1.54, 1.807) is 0 Å². The molecule has 5 heteroatoms. The van der Waals surface area contributed by atoms with E-state index in [-0.39, 0.29) is 18.6 Å². The molecule has 126 valence electrons. The summed E-state index contributed by atoms with van der Waals surface area (Å²) in [4.78, 5) is 24.4. The summed E-state index contributed by atoms with van der Waals surface area (Å²) in [5, 5.41) is 2.88. The van der Waals surface area contributed by atoms with Gasteiger partial charge in [-0.3, -0.25) is 4.79 Å². The third kappa shape index (κ3) is 4.03. The smallest absolute Gasteiger partial charge is 0.407 e. The SMILES string of the molecule is CCC1(C(=O)OC)CCCCC1NC(=O)OCc1ccccc1. The standard InChI is InChI=1S/C18H25NO4/c1-3-18(16(20)22-2)12-8-7-11-15(18)19-17(21)23-13-14-9-5-4-6-10-14/h4-6,9-10,15H,3,7-8,11-13H2,1-2H3,(H,19,21). The van der Waals surface area contributed by atoms with Crippen LogP contribution in [0.3, 0.4) is 0 Å². The van der Waals surface area contributed by atoms with Gasteiger partial charge in [0.05, 0.1) is 12.5 Å². The number of ether oxygens (including phenoxy) is 2. The number of benzene rings is 1. The second kappa shape index (κ2) is 7.99. The molecule has 5 nitrogen and oxygen atoms in total. The van der Waals surface area contributed by atoms with Gasteiger partial charge in [0.15, 0.2) is 0 Å². The van der Waals surface area contributed by atoms with Gasteiger partial charge in [-0.05, 0) is 24.8 Å². The van der Waals surface area contributed by atoms with Gasteiger partial charge in [0.25, 0.3) is 0 Å². The molecule has 0 heterocycles. The lowest BCUT2D eigenvalue weighted by molar-refractivity contribution is -0.157. The molecular formula is C18H25NO4. The quantitative estimate of drug-likeness (QED) is 0.845. The lowest BCUT2D eigenvalue weighted by atomic mass is 9.68. The van der Waals surface area contributed by atoms with Crippen molar-refractivity contribution in [2.45, 2.75) is 51.7 Å². The lowest BCUT2D eigenvalue weighted by Gasteiger charge is -2.41. The Hall–Kier alpha value is -2.04. The Bertz CT molecular complexity index is 531. The Balaban J connectivity index is 1.98. The van der Waals surface area contributed by atoms with Crippen LogP contribution in [0.25, 0.3) is 0 Å². The third-order valence-electron chi connectivity index (χ3n) is 4.76. The van der Waals surface area contributed by atoms with Crippen LogP contribution in [0.15, 0.2) is 30.3 Å². The monoisotopic (exact) mass is 319 g/mol. The molecule has 1 aliphatic carbocycles. The minimum absolute atomic E-state index is 0.219. The van der Waals surface area contributed by atoms with Gasteiger partial charge >= 0.3 is 12.1 Å². The summed E-state index contributed by atoms with van der Waals surface area (Å²) in [5.74, 6) is -0.243. The van der Waals surface area contributed by atoms with E-state index < -0.39 is 11.5 Å². The number of nitrogens with one attached hydrogen (secondary N) is 1. The van der Waals surface area contributed by atoms with Gasteiger partial charge in [-0.15, -0.1) is 0 Å². The fourth-order valence-corrected chi connectivity index (χ4v) is 3.37. The van der Waals surface area contributed by atoms with Gasteiger partial charge in [0.2, 0.25) is 0 Å². The van der Waals surface area contributed by atoms with E-state index in [0.29, 0.717) is 6.42 Å².